The quantitative estimate of drug-likeness (QED) is 0.814. The molecule has 82 valence electrons. The molecular weight excluding hydrogens is 195 g/mol. The molecule has 0 atom stereocenters. The number of amides is 1. The number of carbonyl (C=O) groups excluding carboxylic acids is 1. The molecule has 1 amide bonds. The summed E-state index contributed by atoms with van der Waals surface area (Å²) in [5, 5.41) is 2.80. The zero-order valence-electron chi connectivity index (χ0n) is 8.96. The molecule has 3 nitrogen and oxygen atoms in total. The molecule has 4 heteroatoms. The smallest absolute Gasteiger partial charge is 0.240 e. The average Bonchev–Trinajstić information content (AvgIpc) is 2.22. The third-order valence-electron chi connectivity index (χ3n) is 2.08. The molecule has 0 saturated heterocycles. The van der Waals surface area contributed by atoms with E-state index in [4.69, 9.17) is 0 Å². The van der Waals surface area contributed by atoms with Crippen LogP contribution in [0.25, 0.3) is 0 Å². The summed E-state index contributed by atoms with van der Waals surface area (Å²) >= 11 is 0. The second-order valence-electron chi connectivity index (χ2n) is 3.14. The van der Waals surface area contributed by atoms with Crippen molar-refractivity contribution in [2.24, 2.45) is 0 Å². The maximum absolute atomic E-state index is 12.7. The van der Waals surface area contributed by atoms with E-state index in [9.17, 15) is 9.18 Å². The molecule has 1 aromatic carbocycles. The molecule has 0 saturated carbocycles. The maximum atomic E-state index is 12.7. The standard InChI is InChI=1S/C11H15FN2O/c1-3-14(11(15)8-13-2)10-6-4-9(12)5-7-10/h4-7,13H,3,8H2,1-2H3. The first-order valence-corrected chi connectivity index (χ1v) is 4.89. The van der Waals surface area contributed by atoms with E-state index in [0.717, 1.165) is 5.69 Å². The number of nitrogens with one attached hydrogen (secondary N) is 1. The van der Waals surface area contributed by atoms with Gasteiger partial charge < -0.3 is 10.2 Å². The number of carbonyl (C=O) groups is 1. The molecule has 0 heterocycles. The van der Waals surface area contributed by atoms with Crippen molar-refractivity contribution in [3.8, 4) is 0 Å². The Balaban J connectivity index is 2.82. The lowest BCUT2D eigenvalue weighted by molar-refractivity contribution is -0.117. The van der Waals surface area contributed by atoms with Crippen LogP contribution < -0.4 is 10.2 Å². The van der Waals surface area contributed by atoms with Crippen LogP contribution in [0.3, 0.4) is 0 Å². The summed E-state index contributed by atoms with van der Waals surface area (Å²) in [6, 6.07) is 5.91. The van der Waals surface area contributed by atoms with Crippen molar-refractivity contribution in [2.45, 2.75) is 6.92 Å². The minimum Gasteiger partial charge on any atom is -0.312 e. The average molecular weight is 210 g/mol. The number of halogens is 1. The Bertz CT molecular complexity index is 324. The van der Waals surface area contributed by atoms with E-state index in [1.807, 2.05) is 6.92 Å². The van der Waals surface area contributed by atoms with Crippen LogP contribution in [-0.4, -0.2) is 26.0 Å². The van der Waals surface area contributed by atoms with Gasteiger partial charge in [0, 0.05) is 12.2 Å². The Morgan fingerprint density at radius 2 is 2.00 bits per heavy atom. The molecule has 1 rings (SSSR count). The largest absolute Gasteiger partial charge is 0.312 e. The highest BCUT2D eigenvalue weighted by molar-refractivity contribution is 5.94. The summed E-state index contributed by atoms with van der Waals surface area (Å²) in [6.07, 6.45) is 0. The van der Waals surface area contributed by atoms with Crippen LogP contribution in [0.5, 0.6) is 0 Å². The molecule has 0 spiro atoms. The fourth-order valence-corrected chi connectivity index (χ4v) is 1.37. The van der Waals surface area contributed by atoms with E-state index in [1.54, 1.807) is 24.1 Å². The second kappa shape index (κ2) is 5.46. The number of likely N-dealkylation sites (N-methyl/N-ethyl adjacent to an activating group) is 2. The maximum Gasteiger partial charge on any atom is 0.240 e. The van der Waals surface area contributed by atoms with Gasteiger partial charge in [-0.25, -0.2) is 4.39 Å². The number of benzene rings is 1. The van der Waals surface area contributed by atoms with Crippen LogP contribution in [0.1, 0.15) is 6.92 Å². The van der Waals surface area contributed by atoms with Crippen molar-refractivity contribution >= 4 is 11.6 Å². The van der Waals surface area contributed by atoms with Crippen LogP contribution >= 0.6 is 0 Å². The molecule has 1 N–H and O–H groups in total. The Morgan fingerprint density at radius 1 is 1.40 bits per heavy atom. The molecule has 0 aliphatic carbocycles. The van der Waals surface area contributed by atoms with Gasteiger partial charge in [-0.05, 0) is 38.2 Å². The fourth-order valence-electron chi connectivity index (χ4n) is 1.37. The van der Waals surface area contributed by atoms with Gasteiger partial charge in [0.1, 0.15) is 5.82 Å². The molecule has 0 unspecified atom stereocenters. The van der Waals surface area contributed by atoms with E-state index >= 15 is 0 Å². The molecular formula is C11H15FN2O. The zero-order chi connectivity index (χ0) is 11.3. The van der Waals surface area contributed by atoms with Crippen LogP contribution in [0.15, 0.2) is 24.3 Å². The summed E-state index contributed by atoms with van der Waals surface area (Å²) in [4.78, 5) is 13.2. The van der Waals surface area contributed by atoms with Crippen molar-refractivity contribution in [1.82, 2.24) is 5.32 Å². The van der Waals surface area contributed by atoms with Crippen molar-refractivity contribution in [3.63, 3.8) is 0 Å². The zero-order valence-corrected chi connectivity index (χ0v) is 8.96. The number of anilines is 1. The number of nitrogens with zero attached hydrogens (tertiary/aromatic N) is 1. The lowest BCUT2D eigenvalue weighted by atomic mass is 10.2. The lowest BCUT2D eigenvalue weighted by Gasteiger charge is -2.20. The number of hydrogen-bond donors (Lipinski definition) is 1. The summed E-state index contributed by atoms with van der Waals surface area (Å²) in [5.41, 5.74) is 0.721. The van der Waals surface area contributed by atoms with E-state index in [1.165, 1.54) is 12.1 Å². The van der Waals surface area contributed by atoms with Gasteiger partial charge in [-0.15, -0.1) is 0 Å². The molecule has 0 fully saturated rings. The Labute approximate surface area is 88.9 Å². The normalized spacial score (nSPS) is 10.1. The monoisotopic (exact) mass is 210 g/mol. The van der Waals surface area contributed by atoms with Crippen LogP contribution in [0, 0.1) is 5.82 Å². The van der Waals surface area contributed by atoms with E-state index in [0.29, 0.717) is 6.54 Å². The Hall–Kier alpha value is -1.42. The predicted octanol–water partition coefficient (Wildman–Crippen LogP) is 1.40. The highest BCUT2D eigenvalue weighted by Crippen LogP contribution is 2.14. The van der Waals surface area contributed by atoms with Gasteiger partial charge in [-0.1, -0.05) is 0 Å². The minimum atomic E-state index is -0.295. The van der Waals surface area contributed by atoms with E-state index < -0.39 is 0 Å². The predicted molar refractivity (Wildman–Crippen MR) is 58.4 cm³/mol. The molecule has 0 aromatic heterocycles. The highest BCUT2D eigenvalue weighted by atomic mass is 19.1. The fraction of sp³-hybridized carbons (Fsp3) is 0.364. The van der Waals surface area contributed by atoms with E-state index in [2.05, 4.69) is 5.32 Å². The van der Waals surface area contributed by atoms with Crippen molar-refractivity contribution in [2.75, 3.05) is 25.0 Å². The first-order chi connectivity index (χ1) is 7.19. The first-order valence-electron chi connectivity index (χ1n) is 4.89. The third kappa shape index (κ3) is 3.02. The lowest BCUT2D eigenvalue weighted by Crippen LogP contribution is -2.37. The molecule has 0 aliphatic rings. The van der Waals surface area contributed by atoms with Gasteiger partial charge in [0.05, 0.1) is 6.54 Å². The third-order valence-corrected chi connectivity index (χ3v) is 2.08. The Kier molecular flexibility index (Phi) is 4.24. The number of rotatable bonds is 4. The van der Waals surface area contributed by atoms with Gasteiger partial charge in [0.15, 0.2) is 0 Å². The first kappa shape index (κ1) is 11.7. The minimum absolute atomic E-state index is 0.0217. The molecule has 1 aromatic rings. The van der Waals surface area contributed by atoms with Gasteiger partial charge in [0.25, 0.3) is 0 Å². The molecule has 0 aliphatic heterocycles. The topological polar surface area (TPSA) is 32.3 Å². The second-order valence-corrected chi connectivity index (χ2v) is 3.14. The van der Waals surface area contributed by atoms with Crippen molar-refractivity contribution in [1.29, 1.82) is 0 Å². The number of hydrogen-bond acceptors (Lipinski definition) is 2. The summed E-state index contributed by atoms with van der Waals surface area (Å²) < 4.78 is 12.7. The molecule has 0 radical (unpaired) electrons. The van der Waals surface area contributed by atoms with E-state index in [-0.39, 0.29) is 18.3 Å². The van der Waals surface area contributed by atoms with Gasteiger partial charge in [-0.3, -0.25) is 4.79 Å². The van der Waals surface area contributed by atoms with Crippen LogP contribution in [0.4, 0.5) is 10.1 Å². The molecule has 15 heavy (non-hydrogen) atoms. The molecule has 0 bridgehead atoms. The summed E-state index contributed by atoms with van der Waals surface area (Å²) in [7, 11) is 1.72. The summed E-state index contributed by atoms with van der Waals surface area (Å²) in [5.74, 6) is -0.317. The van der Waals surface area contributed by atoms with Crippen LogP contribution in [-0.2, 0) is 4.79 Å². The van der Waals surface area contributed by atoms with Crippen molar-refractivity contribution < 1.29 is 9.18 Å². The SMILES string of the molecule is CCN(C(=O)CNC)c1ccc(F)cc1. The van der Waals surface area contributed by atoms with Gasteiger partial charge in [0.2, 0.25) is 5.91 Å². The summed E-state index contributed by atoms with van der Waals surface area (Å²) in [6.45, 7) is 2.74. The Morgan fingerprint density at radius 3 is 2.47 bits per heavy atom. The van der Waals surface area contributed by atoms with Gasteiger partial charge in [-0.2, -0.15) is 0 Å². The highest BCUT2D eigenvalue weighted by Gasteiger charge is 2.12. The van der Waals surface area contributed by atoms with Crippen molar-refractivity contribution in [3.05, 3.63) is 30.1 Å². The van der Waals surface area contributed by atoms with Gasteiger partial charge >= 0.3 is 0 Å². The van der Waals surface area contributed by atoms with Crippen LogP contribution in [0.2, 0.25) is 0 Å².